The maximum atomic E-state index is 11.2. The molecule has 0 radical (unpaired) electrons. The van der Waals surface area contributed by atoms with E-state index in [0.29, 0.717) is 6.61 Å². The van der Waals surface area contributed by atoms with E-state index in [4.69, 9.17) is 4.74 Å². The number of ether oxygens (including phenoxy) is 1. The van der Waals surface area contributed by atoms with E-state index in [1.165, 1.54) is 5.56 Å². The SMILES string of the molecule is CC.Cc1ccc(SC2CCOC2=O)cc1. The lowest BCUT2D eigenvalue weighted by atomic mass is 10.2. The van der Waals surface area contributed by atoms with Crippen LogP contribution in [-0.2, 0) is 9.53 Å². The second-order valence-corrected chi connectivity index (χ2v) is 4.65. The zero-order chi connectivity index (χ0) is 12.0. The molecular formula is C13H18O2S. The molecule has 0 bridgehead atoms. The molecule has 0 spiro atoms. The van der Waals surface area contributed by atoms with Crippen LogP contribution in [0.25, 0.3) is 0 Å². The summed E-state index contributed by atoms with van der Waals surface area (Å²) in [5.74, 6) is -0.0735. The van der Waals surface area contributed by atoms with Crippen molar-refractivity contribution >= 4 is 17.7 Å². The summed E-state index contributed by atoms with van der Waals surface area (Å²) >= 11 is 1.59. The van der Waals surface area contributed by atoms with Gasteiger partial charge in [-0.05, 0) is 19.1 Å². The summed E-state index contributed by atoms with van der Waals surface area (Å²) in [5, 5.41) is -0.00212. The molecule has 2 nitrogen and oxygen atoms in total. The Morgan fingerprint density at radius 1 is 1.25 bits per heavy atom. The Hall–Kier alpha value is -0.960. The molecule has 88 valence electrons. The van der Waals surface area contributed by atoms with E-state index in [-0.39, 0.29) is 11.2 Å². The first-order valence-corrected chi connectivity index (χ1v) is 6.53. The zero-order valence-electron chi connectivity index (χ0n) is 10.0. The third-order valence-electron chi connectivity index (χ3n) is 2.19. The molecule has 1 saturated heterocycles. The minimum atomic E-state index is -0.0735. The lowest BCUT2D eigenvalue weighted by Gasteiger charge is -2.05. The van der Waals surface area contributed by atoms with E-state index >= 15 is 0 Å². The Labute approximate surface area is 101 Å². The van der Waals surface area contributed by atoms with Crippen molar-refractivity contribution in [2.24, 2.45) is 0 Å². The van der Waals surface area contributed by atoms with Crippen LogP contribution in [0.4, 0.5) is 0 Å². The molecule has 0 amide bonds. The summed E-state index contributed by atoms with van der Waals surface area (Å²) in [4.78, 5) is 12.3. The molecule has 1 aromatic carbocycles. The van der Waals surface area contributed by atoms with Gasteiger partial charge in [-0.3, -0.25) is 4.79 Å². The predicted molar refractivity (Wildman–Crippen MR) is 67.7 cm³/mol. The van der Waals surface area contributed by atoms with Crippen LogP contribution in [0.5, 0.6) is 0 Å². The lowest BCUT2D eigenvalue weighted by Crippen LogP contribution is -2.08. The Morgan fingerprint density at radius 3 is 2.38 bits per heavy atom. The van der Waals surface area contributed by atoms with Crippen LogP contribution in [0, 0.1) is 6.92 Å². The quantitative estimate of drug-likeness (QED) is 0.738. The van der Waals surface area contributed by atoms with Crippen molar-refractivity contribution in [3.05, 3.63) is 29.8 Å². The number of thioether (sulfide) groups is 1. The highest BCUT2D eigenvalue weighted by atomic mass is 32.2. The molecule has 1 aliphatic heterocycles. The summed E-state index contributed by atoms with van der Waals surface area (Å²) in [6.07, 6.45) is 0.831. The fourth-order valence-electron chi connectivity index (χ4n) is 1.37. The van der Waals surface area contributed by atoms with Crippen LogP contribution in [0.3, 0.4) is 0 Å². The minimum Gasteiger partial charge on any atom is -0.465 e. The number of carbonyl (C=O) groups is 1. The highest BCUT2D eigenvalue weighted by molar-refractivity contribution is 8.00. The van der Waals surface area contributed by atoms with Gasteiger partial charge in [0.15, 0.2) is 0 Å². The van der Waals surface area contributed by atoms with Crippen molar-refractivity contribution in [1.82, 2.24) is 0 Å². The summed E-state index contributed by atoms with van der Waals surface area (Å²) in [7, 11) is 0. The Bertz CT molecular complexity index is 332. The van der Waals surface area contributed by atoms with Gasteiger partial charge in [-0.15, -0.1) is 11.8 Å². The number of esters is 1. The van der Waals surface area contributed by atoms with Crippen molar-refractivity contribution < 1.29 is 9.53 Å². The molecule has 0 N–H and O–H groups in total. The highest BCUT2D eigenvalue weighted by Crippen LogP contribution is 2.29. The molecule has 1 aliphatic rings. The topological polar surface area (TPSA) is 26.3 Å². The van der Waals surface area contributed by atoms with Gasteiger partial charge in [0.25, 0.3) is 0 Å². The maximum Gasteiger partial charge on any atom is 0.319 e. The van der Waals surface area contributed by atoms with Crippen LogP contribution >= 0.6 is 11.8 Å². The molecular weight excluding hydrogens is 220 g/mol. The van der Waals surface area contributed by atoms with E-state index < -0.39 is 0 Å². The average Bonchev–Trinajstić information content (AvgIpc) is 2.71. The number of benzene rings is 1. The second kappa shape index (κ2) is 6.59. The van der Waals surface area contributed by atoms with Gasteiger partial charge in [0, 0.05) is 11.3 Å². The van der Waals surface area contributed by atoms with Crippen molar-refractivity contribution in [1.29, 1.82) is 0 Å². The molecule has 2 rings (SSSR count). The van der Waals surface area contributed by atoms with Gasteiger partial charge in [0.05, 0.1) is 6.61 Å². The molecule has 16 heavy (non-hydrogen) atoms. The monoisotopic (exact) mass is 238 g/mol. The summed E-state index contributed by atoms with van der Waals surface area (Å²) in [5.41, 5.74) is 1.24. The second-order valence-electron chi connectivity index (χ2n) is 3.38. The lowest BCUT2D eigenvalue weighted by molar-refractivity contribution is -0.137. The molecule has 1 aromatic rings. The van der Waals surface area contributed by atoms with E-state index in [1.807, 2.05) is 26.0 Å². The van der Waals surface area contributed by atoms with Crippen molar-refractivity contribution in [3.63, 3.8) is 0 Å². The Kier molecular flexibility index (Phi) is 5.39. The Balaban J connectivity index is 0.000000606. The largest absolute Gasteiger partial charge is 0.465 e. The normalized spacial score (nSPS) is 18.7. The smallest absolute Gasteiger partial charge is 0.319 e. The summed E-state index contributed by atoms with van der Waals surface area (Å²) in [6.45, 7) is 6.63. The number of aryl methyl sites for hydroxylation is 1. The molecule has 0 aromatic heterocycles. The zero-order valence-corrected chi connectivity index (χ0v) is 10.8. The predicted octanol–water partition coefficient (Wildman–Crippen LogP) is 3.43. The van der Waals surface area contributed by atoms with Crippen LogP contribution in [0.1, 0.15) is 25.8 Å². The third kappa shape index (κ3) is 3.56. The summed E-state index contributed by atoms with van der Waals surface area (Å²) < 4.78 is 4.90. The molecule has 1 atom stereocenters. The number of hydrogen-bond donors (Lipinski definition) is 0. The molecule has 1 heterocycles. The first kappa shape index (κ1) is 13.1. The van der Waals surface area contributed by atoms with E-state index in [1.54, 1.807) is 11.8 Å². The highest BCUT2D eigenvalue weighted by Gasteiger charge is 2.27. The van der Waals surface area contributed by atoms with Crippen LogP contribution in [0.2, 0.25) is 0 Å². The van der Waals surface area contributed by atoms with Crippen LogP contribution in [-0.4, -0.2) is 17.8 Å². The van der Waals surface area contributed by atoms with E-state index in [9.17, 15) is 4.79 Å². The molecule has 0 aliphatic carbocycles. The molecule has 3 heteroatoms. The fourth-order valence-corrected chi connectivity index (χ4v) is 2.37. The first-order chi connectivity index (χ1) is 7.75. The third-order valence-corrected chi connectivity index (χ3v) is 3.44. The van der Waals surface area contributed by atoms with Gasteiger partial charge in [-0.2, -0.15) is 0 Å². The maximum absolute atomic E-state index is 11.2. The number of cyclic esters (lactones) is 1. The van der Waals surface area contributed by atoms with Gasteiger partial charge in [0.1, 0.15) is 5.25 Å². The van der Waals surface area contributed by atoms with Crippen LogP contribution in [0.15, 0.2) is 29.2 Å². The standard InChI is InChI=1S/C11H12O2S.C2H6/c1-8-2-4-9(5-3-8)14-10-6-7-13-11(10)12;1-2/h2-5,10H,6-7H2,1H3;1-2H3. The number of rotatable bonds is 2. The molecule has 1 unspecified atom stereocenters. The van der Waals surface area contributed by atoms with Gasteiger partial charge in [-0.1, -0.05) is 31.5 Å². The van der Waals surface area contributed by atoms with Gasteiger partial charge >= 0.3 is 5.97 Å². The fraction of sp³-hybridized carbons (Fsp3) is 0.462. The number of carbonyl (C=O) groups excluding carboxylic acids is 1. The van der Waals surface area contributed by atoms with Crippen molar-refractivity contribution in [3.8, 4) is 0 Å². The molecule has 1 fully saturated rings. The van der Waals surface area contributed by atoms with Crippen molar-refractivity contribution in [2.75, 3.05) is 6.61 Å². The molecule has 0 saturated carbocycles. The van der Waals surface area contributed by atoms with Gasteiger partial charge < -0.3 is 4.74 Å². The average molecular weight is 238 g/mol. The van der Waals surface area contributed by atoms with Gasteiger partial charge in [0.2, 0.25) is 0 Å². The minimum absolute atomic E-state index is 0.00212. The van der Waals surface area contributed by atoms with Gasteiger partial charge in [-0.25, -0.2) is 0 Å². The Morgan fingerprint density at radius 2 is 1.88 bits per heavy atom. The number of hydrogen-bond acceptors (Lipinski definition) is 3. The first-order valence-electron chi connectivity index (χ1n) is 5.66. The van der Waals surface area contributed by atoms with Crippen LogP contribution < -0.4 is 0 Å². The van der Waals surface area contributed by atoms with E-state index in [0.717, 1.165) is 11.3 Å². The van der Waals surface area contributed by atoms with E-state index in [2.05, 4.69) is 19.1 Å². The van der Waals surface area contributed by atoms with Crippen molar-refractivity contribution in [2.45, 2.75) is 37.3 Å². The summed E-state index contributed by atoms with van der Waals surface area (Å²) in [6, 6.07) is 8.21.